The summed E-state index contributed by atoms with van der Waals surface area (Å²) < 4.78 is 2.92. The van der Waals surface area contributed by atoms with Gasteiger partial charge in [0.25, 0.3) is 5.91 Å². The minimum absolute atomic E-state index is 0.0921. The first-order chi connectivity index (χ1) is 9.49. The maximum atomic E-state index is 12.1. The van der Waals surface area contributed by atoms with Gasteiger partial charge in [-0.05, 0) is 47.7 Å². The van der Waals surface area contributed by atoms with Crippen LogP contribution in [0.4, 0.5) is 0 Å². The average molecular weight is 343 g/mol. The fraction of sp³-hybridized carbons (Fsp3) is 0.571. The predicted molar refractivity (Wildman–Crippen MR) is 78.8 cm³/mol. The van der Waals surface area contributed by atoms with Gasteiger partial charge in [-0.3, -0.25) is 9.59 Å². The van der Waals surface area contributed by atoms with E-state index in [2.05, 4.69) is 21.2 Å². The molecule has 0 aromatic carbocycles. The first-order valence-corrected chi connectivity index (χ1v) is 7.66. The summed E-state index contributed by atoms with van der Waals surface area (Å²) >= 11 is 3.40. The molecule has 20 heavy (non-hydrogen) atoms. The van der Waals surface area contributed by atoms with Crippen LogP contribution in [0, 0.1) is 5.92 Å². The molecule has 0 spiro atoms. The van der Waals surface area contributed by atoms with Crippen LogP contribution in [-0.2, 0) is 4.79 Å². The molecule has 1 heterocycles. The van der Waals surface area contributed by atoms with Gasteiger partial charge in [-0.1, -0.05) is 6.92 Å². The van der Waals surface area contributed by atoms with Crippen molar-refractivity contribution in [2.45, 2.75) is 38.6 Å². The first kappa shape index (κ1) is 15.1. The van der Waals surface area contributed by atoms with E-state index >= 15 is 0 Å². The van der Waals surface area contributed by atoms with Gasteiger partial charge in [0, 0.05) is 23.3 Å². The molecule has 2 rings (SSSR count). The number of hydrogen-bond donors (Lipinski definition) is 2. The van der Waals surface area contributed by atoms with E-state index in [-0.39, 0.29) is 11.8 Å². The molecule has 0 aliphatic heterocycles. The maximum Gasteiger partial charge on any atom is 0.306 e. The number of carboxylic acid groups (broad SMARTS) is 1. The molecule has 1 aromatic heterocycles. The monoisotopic (exact) mass is 342 g/mol. The van der Waals surface area contributed by atoms with Gasteiger partial charge in [-0.25, -0.2) is 0 Å². The van der Waals surface area contributed by atoms with Crippen LogP contribution in [0.5, 0.6) is 0 Å². The van der Waals surface area contributed by atoms with Crippen molar-refractivity contribution in [3.8, 4) is 0 Å². The Hall–Kier alpha value is -1.30. The molecule has 110 valence electrons. The molecule has 0 radical (unpaired) electrons. The average Bonchev–Trinajstić information content (AvgIpc) is 3.16. The Morgan fingerprint density at radius 1 is 1.55 bits per heavy atom. The normalized spacial score (nSPS) is 15.9. The van der Waals surface area contributed by atoms with Gasteiger partial charge < -0.3 is 15.0 Å². The molecule has 0 saturated heterocycles. The number of aliphatic carboxylic acids is 1. The van der Waals surface area contributed by atoms with E-state index in [1.807, 2.05) is 16.8 Å². The molecule has 0 bridgehead atoms. The number of aromatic nitrogens is 1. The summed E-state index contributed by atoms with van der Waals surface area (Å²) in [6, 6.07) is 2.28. The fourth-order valence-corrected chi connectivity index (χ4v) is 2.54. The zero-order valence-electron chi connectivity index (χ0n) is 11.4. The summed E-state index contributed by atoms with van der Waals surface area (Å²) in [6.45, 7) is 2.18. The predicted octanol–water partition coefficient (Wildman–Crippen LogP) is 2.82. The molecule has 6 heteroatoms. The lowest BCUT2D eigenvalue weighted by atomic mass is 10.1. The van der Waals surface area contributed by atoms with Gasteiger partial charge in [0.15, 0.2) is 0 Å². The highest BCUT2D eigenvalue weighted by Crippen LogP contribution is 2.37. The Morgan fingerprint density at radius 2 is 2.25 bits per heavy atom. The minimum Gasteiger partial charge on any atom is -0.481 e. The van der Waals surface area contributed by atoms with Gasteiger partial charge in [0.2, 0.25) is 0 Å². The molecular formula is C14H19BrN2O3. The zero-order chi connectivity index (χ0) is 14.7. The number of nitrogens with one attached hydrogen (secondary N) is 1. The Morgan fingerprint density at radius 3 is 2.85 bits per heavy atom. The second kappa shape index (κ2) is 6.43. The number of carbonyl (C=O) groups is 2. The molecule has 2 N–H and O–H groups in total. The van der Waals surface area contributed by atoms with Crippen LogP contribution >= 0.6 is 15.9 Å². The largest absolute Gasteiger partial charge is 0.481 e. The van der Waals surface area contributed by atoms with E-state index < -0.39 is 5.97 Å². The molecular weight excluding hydrogens is 324 g/mol. The fourth-order valence-electron chi connectivity index (χ4n) is 2.11. The summed E-state index contributed by atoms with van der Waals surface area (Å²) in [5, 5.41) is 11.6. The number of nitrogens with zero attached hydrogens (tertiary/aromatic N) is 1. The number of amides is 1. The number of halogens is 1. The zero-order valence-corrected chi connectivity index (χ0v) is 13.0. The highest BCUT2D eigenvalue weighted by atomic mass is 79.9. The standard InChI is InChI=1S/C14H19BrN2O3/c1-9(14(19)20)3-2-6-16-13(18)12-7-10(15)8-17(12)11-4-5-11/h7-9,11H,2-6H2,1H3,(H,16,18)(H,19,20). The summed E-state index contributed by atoms with van der Waals surface area (Å²) in [5.74, 6) is -1.25. The lowest BCUT2D eigenvalue weighted by Gasteiger charge is -2.09. The molecule has 1 atom stereocenters. The van der Waals surface area contributed by atoms with Gasteiger partial charge >= 0.3 is 5.97 Å². The smallest absolute Gasteiger partial charge is 0.306 e. The SMILES string of the molecule is CC(CCCNC(=O)c1cc(Br)cn1C1CC1)C(=O)O. The molecule has 5 nitrogen and oxygen atoms in total. The highest BCUT2D eigenvalue weighted by Gasteiger charge is 2.27. The van der Waals surface area contributed by atoms with E-state index in [4.69, 9.17) is 5.11 Å². The Labute approximate surface area is 126 Å². The number of carboxylic acids is 1. The second-order valence-corrected chi connectivity index (χ2v) is 6.24. The Bertz CT molecular complexity index is 509. The molecule has 1 unspecified atom stereocenters. The molecule has 1 aliphatic carbocycles. The van der Waals surface area contributed by atoms with Crippen LogP contribution < -0.4 is 5.32 Å². The quantitative estimate of drug-likeness (QED) is 0.748. The van der Waals surface area contributed by atoms with Gasteiger partial charge in [-0.2, -0.15) is 0 Å². The van der Waals surface area contributed by atoms with Crippen LogP contribution in [0.25, 0.3) is 0 Å². The molecule has 1 fully saturated rings. The van der Waals surface area contributed by atoms with Crippen LogP contribution in [-0.4, -0.2) is 28.1 Å². The Balaban J connectivity index is 1.82. The maximum absolute atomic E-state index is 12.1. The van der Waals surface area contributed by atoms with Gasteiger partial charge in [-0.15, -0.1) is 0 Å². The summed E-state index contributed by atoms with van der Waals surface area (Å²) in [5.41, 5.74) is 0.672. The summed E-state index contributed by atoms with van der Waals surface area (Å²) in [4.78, 5) is 22.8. The van der Waals surface area contributed by atoms with Crippen molar-refractivity contribution in [2.24, 2.45) is 5.92 Å². The number of rotatable bonds is 7. The van der Waals surface area contributed by atoms with Crippen molar-refractivity contribution in [3.05, 3.63) is 22.4 Å². The van der Waals surface area contributed by atoms with Gasteiger partial charge in [0.1, 0.15) is 5.69 Å². The summed E-state index contributed by atoms with van der Waals surface area (Å²) in [7, 11) is 0. The Kier molecular flexibility index (Phi) is 4.86. The van der Waals surface area contributed by atoms with E-state index in [1.54, 1.807) is 6.92 Å². The lowest BCUT2D eigenvalue weighted by Crippen LogP contribution is -2.27. The number of hydrogen-bond acceptors (Lipinski definition) is 2. The van der Waals surface area contributed by atoms with Crippen molar-refractivity contribution >= 4 is 27.8 Å². The highest BCUT2D eigenvalue weighted by molar-refractivity contribution is 9.10. The lowest BCUT2D eigenvalue weighted by molar-refractivity contribution is -0.141. The minimum atomic E-state index is -0.789. The number of carbonyl (C=O) groups excluding carboxylic acids is 1. The van der Waals surface area contributed by atoms with E-state index in [9.17, 15) is 9.59 Å². The third-order valence-electron chi connectivity index (χ3n) is 3.51. The van der Waals surface area contributed by atoms with Crippen LogP contribution in [0.1, 0.15) is 49.1 Å². The molecule has 1 aromatic rings. The first-order valence-electron chi connectivity index (χ1n) is 6.87. The van der Waals surface area contributed by atoms with Crippen LogP contribution in [0.2, 0.25) is 0 Å². The topological polar surface area (TPSA) is 71.3 Å². The van der Waals surface area contributed by atoms with Crippen molar-refractivity contribution in [1.82, 2.24) is 9.88 Å². The van der Waals surface area contributed by atoms with Crippen molar-refractivity contribution in [1.29, 1.82) is 0 Å². The van der Waals surface area contributed by atoms with Crippen molar-refractivity contribution in [3.63, 3.8) is 0 Å². The summed E-state index contributed by atoms with van der Waals surface area (Å²) in [6.07, 6.45) is 5.43. The van der Waals surface area contributed by atoms with Crippen molar-refractivity contribution < 1.29 is 14.7 Å². The van der Waals surface area contributed by atoms with Crippen molar-refractivity contribution in [2.75, 3.05) is 6.54 Å². The third kappa shape index (κ3) is 3.85. The van der Waals surface area contributed by atoms with E-state index in [0.29, 0.717) is 31.1 Å². The molecule has 1 aliphatic rings. The third-order valence-corrected chi connectivity index (χ3v) is 3.94. The van der Waals surface area contributed by atoms with Crippen LogP contribution in [0.15, 0.2) is 16.7 Å². The van der Waals surface area contributed by atoms with E-state index in [0.717, 1.165) is 17.3 Å². The van der Waals surface area contributed by atoms with Gasteiger partial charge in [0.05, 0.1) is 5.92 Å². The second-order valence-electron chi connectivity index (χ2n) is 5.32. The van der Waals surface area contributed by atoms with E-state index in [1.165, 1.54) is 0 Å². The molecule has 1 saturated carbocycles. The molecule has 1 amide bonds. The van der Waals surface area contributed by atoms with Crippen LogP contribution in [0.3, 0.4) is 0 Å².